The summed E-state index contributed by atoms with van der Waals surface area (Å²) in [7, 11) is 0. The molecule has 0 N–H and O–H groups in total. The summed E-state index contributed by atoms with van der Waals surface area (Å²) in [5.74, 6) is 0. The van der Waals surface area contributed by atoms with Crippen LogP contribution in [-0.4, -0.2) is 19.9 Å². The number of aromatic nitrogens is 4. The molecule has 22 heavy (non-hydrogen) atoms. The third kappa shape index (κ3) is 1.46. The van der Waals surface area contributed by atoms with Gasteiger partial charge >= 0.3 is 0 Å². The predicted octanol–water partition coefficient (Wildman–Crippen LogP) is 3.88. The van der Waals surface area contributed by atoms with Crippen molar-refractivity contribution in [1.29, 1.82) is 0 Å². The van der Waals surface area contributed by atoms with Gasteiger partial charge in [0.2, 0.25) is 0 Å². The first-order valence-corrected chi connectivity index (χ1v) is 7.10. The third-order valence-electron chi connectivity index (χ3n) is 3.92. The van der Waals surface area contributed by atoms with E-state index < -0.39 is 0 Å². The lowest BCUT2D eigenvalue weighted by atomic mass is 10.1. The molecule has 4 nitrogen and oxygen atoms in total. The molecule has 0 saturated heterocycles. The van der Waals surface area contributed by atoms with Crippen LogP contribution in [-0.2, 0) is 0 Å². The molecule has 2 aromatic carbocycles. The van der Waals surface area contributed by atoms with Crippen molar-refractivity contribution < 1.29 is 0 Å². The fourth-order valence-corrected chi connectivity index (χ4v) is 2.95. The van der Waals surface area contributed by atoms with E-state index in [2.05, 4.69) is 22.1 Å². The average molecular weight is 282 g/mol. The Kier molecular flexibility index (Phi) is 2.19. The van der Waals surface area contributed by atoms with Crippen LogP contribution in [0.2, 0.25) is 0 Å². The quantitative estimate of drug-likeness (QED) is 0.319. The van der Waals surface area contributed by atoms with E-state index in [1.165, 1.54) is 0 Å². The van der Waals surface area contributed by atoms with E-state index >= 15 is 0 Å². The topological polar surface area (TPSA) is 51.6 Å². The van der Waals surface area contributed by atoms with Crippen molar-refractivity contribution in [2.75, 3.05) is 0 Å². The van der Waals surface area contributed by atoms with Gasteiger partial charge in [0.05, 0.1) is 22.1 Å². The first kappa shape index (κ1) is 11.5. The maximum Gasteiger partial charge on any atom is 0.118 e. The molecule has 5 rings (SSSR count). The van der Waals surface area contributed by atoms with E-state index in [0.29, 0.717) is 0 Å². The molecule has 0 atom stereocenters. The van der Waals surface area contributed by atoms with Gasteiger partial charge in [-0.25, -0.2) is 9.97 Å². The van der Waals surface area contributed by atoms with Crippen LogP contribution in [0.1, 0.15) is 0 Å². The molecule has 0 radical (unpaired) electrons. The Labute approximate surface area is 125 Å². The molecule has 5 aromatic rings. The van der Waals surface area contributed by atoms with Crippen LogP contribution in [0.4, 0.5) is 0 Å². The summed E-state index contributed by atoms with van der Waals surface area (Å²) in [6.07, 6.45) is 3.59. The predicted molar refractivity (Wildman–Crippen MR) is 87.6 cm³/mol. The van der Waals surface area contributed by atoms with E-state index in [1.807, 2.05) is 36.4 Å². The molecule has 0 aliphatic heterocycles. The van der Waals surface area contributed by atoms with Gasteiger partial charge in [-0.2, -0.15) is 0 Å². The van der Waals surface area contributed by atoms with Gasteiger partial charge in [-0.05, 0) is 24.3 Å². The van der Waals surface area contributed by atoms with E-state index in [9.17, 15) is 0 Å². The molecule has 0 amide bonds. The Morgan fingerprint density at radius 2 is 1.00 bits per heavy atom. The second kappa shape index (κ2) is 4.18. The van der Waals surface area contributed by atoms with E-state index in [1.54, 1.807) is 12.4 Å². The Morgan fingerprint density at radius 1 is 0.500 bits per heavy atom. The smallest absolute Gasteiger partial charge is 0.118 e. The lowest BCUT2D eigenvalue weighted by molar-refractivity contribution is 1.35. The van der Waals surface area contributed by atoms with Crippen molar-refractivity contribution in [1.82, 2.24) is 19.9 Å². The van der Waals surface area contributed by atoms with Gasteiger partial charge < -0.3 is 0 Å². The molecule has 0 aliphatic rings. The highest BCUT2D eigenvalue weighted by Gasteiger charge is 2.13. The zero-order chi connectivity index (χ0) is 14.5. The van der Waals surface area contributed by atoms with Crippen molar-refractivity contribution in [3.63, 3.8) is 0 Å². The van der Waals surface area contributed by atoms with Crippen molar-refractivity contribution in [2.24, 2.45) is 0 Å². The minimum atomic E-state index is 0.806. The van der Waals surface area contributed by atoms with Crippen LogP contribution in [0.15, 0.2) is 60.9 Å². The summed E-state index contributed by atoms with van der Waals surface area (Å²) in [5.41, 5.74) is 5.10. The molecule has 102 valence electrons. The molecule has 0 bridgehead atoms. The van der Waals surface area contributed by atoms with Gasteiger partial charge in [-0.15, -0.1) is 0 Å². The molecule has 3 aromatic heterocycles. The lowest BCUT2D eigenvalue weighted by Crippen LogP contribution is -1.93. The molecular formula is C18H10N4. The van der Waals surface area contributed by atoms with Crippen LogP contribution in [0.5, 0.6) is 0 Å². The van der Waals surface area contributed by atoms with Crippen LogP contribution in [0.25, 0.3) is 43.9 Å². The number of pyridine rings is 2. The fourth-order valence-electron chi connectivity index (χ4n) is 2.95. The van der Waals surface area contributed by atoms with Gasteiger partial charge in [0.25, 0.3) is 0 Å². The third-order valence-corrected chi connectivity index (χ3v) is 3.92. The molecule has 0 spiro atoms. The first-order valence-electron chi connectivity index (χ1n) is 7.10. The molecular weight excluding hydrogens is 272 g/mol. The fraction of sp³-hybridized carbons (Fsp3) is 0. The van der Waals surface area contributed by atoms with Gasteiger partial charge in [0.15, 0.2) is 0 Å². The van der Waals surface area contributed by atoms with Gasteiger partial charge in [0, 0.05) is 23.2 Å². The number of hydrogen-bond acceptors (Lipinski definition) is 4. The number of hydrogen-bond donors (Lipinski definition) is 0. The summed E-state index contributed by atoms with van der Waals surface area (Å²) >= 11 is 0. The standard InChI is InChI=1S/C18H10N4/c1-2-8-14-13(7-1)21-17-15-11(5-3-9-19-15)12-6-4-10-20-16(12)18(17)22-14/h1-10H. The number of fused-ring (bicyclic) bond motifs is 7. The average Bonchev–Trinajstić information content (AvgIpc) is 2.61. The van der Waals surface area contributed by atoms with E-state index in [4.69, 9.17) is 9.97 Å². The van der Waals surface area contributed by atoms with Gasteiger partial charge in [-0.3, -0.25) is 9.97 Å². The molecule has 3 heterocycles. The first-order chi connectivity index (χ1) is 10.9. The van der Waals surface area contributed by atoms with Gasteiger partial charge in [-0.1, -0.05) is 24.3 Å². The summed E-state index contributed by atoms with van der Waals surface area (Å²) in [6, 6.07) is 15.9. The van der Waals surface area contributed by atoms with Crippen molar-refractivity contribution >= 4 is 43.9 Å². The summed E-state index contributed by atoms with van der Waals surface area (Å²) < 4.78 is 0. The lowest BCUT2D eigenvalue weighted by Gasteiger charge is -2.08. The Bertz CT molecular complexity index is 1090. The molecule has 0 fully saturated rings. The van der Waals surface area contributed by atoms with Crippen molar-refractivity contribution in [3.05, 3.63) is 60.9 Å². The van der Waals surface area contributed by atoms with Crippen molar-refractivity contribution in [3.8, 4) is 0 Å². The largest absolute Gasteiger partial charge is 0.254 e. The summed E-state index contributed by atoms with van der Waals surface area (Å²) in [6.45, 7) is 0. The van der Waals surface area contributed by atoms with Crippen molar-refractivity contribution in [2.45, 2.75) is 0 Å². The van der Waals surface area contributed by atoms with Crippen LogP contribution < -0.4 is 0 Å². The highest BCUT2D eigenvalue weighted by molar-refractivity contribution is 6.21. The normalized spacial score (nSPS) is 11.6. The minimum Gasteiger partial charge on any atom is -0.254 e. The molecule has 0 aliphatic carbocycles. The summed E-state index contributed by atoms with van der Waals surface area (Å²) in [4.78, 5) is 18.7. The van der Waals surface area contributed by atoms with E-state index in [-0.39, 0.29) is 0 Å². The maximum atomic E-state index is 4.79. The van der Waals surface area contributed by atoms with Crippen LogP contribution in [0.3, 0.4) is 0 Å². The zero-order valence-electron chi connectivity index (χ0n) is 11.6. The number of benzene rings is 2. The Balaban J connectivity index is 2.17. The van der Waals surface area contributed by atoms with Crippen LogP contribution in [0, 0.1) is 0 Å². The van der Waals surface area contributed by atoms with Crippen LogP contribution >= 0.6 is 0 Å². The second-order valence-electron chi connectivity index (χ2n) is 5.21. The SMILES string of the molecule is c1ccc2nc3c4ncccc4c4cccnc4c3nc2c1. The van der Waals surface area contributed by atoms with E-state index in [0.717, 1.165) is 43.9 Å². The van der Waals surface area contributed by atoms with Gasteiger partial charge in [0.1, 0.15) is 11.0 Å². The Morgan fingerprint density at radius 3 is 1.50 bits per heavy atom. The number of nitrogens with zero attached hydrogens (tertiary/aromatic N) is 4. The highest BCUT2D eigenvalue weighted by Crippen LogP contribution is 2.31. The molecule has 0 unspecified atom stereocenters. The monoisotopic (exact) mass is 282 g/mol. The minimum absolute atomic E-state index is 0.806. The second-order valence-corrected chi connectivity index (χ2v) is 5.21. The highest BCUT2D eigenvalue weighted by atomic mass is 14.8. The molecule has 4 heteroatoms. The Hall–Kier alpha value is -3.14. The number of para-hydroxylation sites is 2. The summed E-state index contributed by atoms with van der Waals surface area (Å²) in [5, 5.41) is 2.12. The zero-order valence-corrected chi connectivity index (χ0v) is 11.6. The maximum absolute atomic E-state index is 4.79. The number of rotatable bonds is 0. The molecule has 0 saturated carbocycles.